The Kier molecular flexibility index (Phi) is 10.1. The van der Waals surface area contributed by atoms with Crippen molar-refractivity contribution >= 4 is 5.78 Å². The summed E-state index contributed by atoms with van der Waals surface area (Å²) in [5.74, 6) is -0.0625. The normalized spacial score (nSPS) is 9.45. The lowest BCUT2D eigenvalue weighted by atomic mass is 10.1. The molecule has 62 valence electrons. The molecule has 0 unspecified atom stereocenters. The predicted molar refractivity (Wildman–Crippen MR) is 49.3 cm³/mol. The number of nitrogens with two attached hydrogens (primary N) is 1. The summed E-state index contributed by atoms with van der Waals surface area (Å²) >= 11 is 0. The van der Waals surface area contributed by atoms with Gasteiger partial charge in [-0.1, -0.05) is 18.7 Å². The van der Waals surface area contributed by atoms with Crippen LogP contribution >= 0.6 is 0 Å². The van der Waals surface area contributed by atoms with E-state index >= 15 is 0 Å². The van der Waals surface area contributed by atoms with Crippen molar-refractivity contribution in [3.63, 3.8) is 0 Å². The summed E-state index contributed by atoms with van der Waals surface area (Å²) in [5, 5.41) is 0. The number of ketones is 1. The summed E-state index contributed by atoms with van der Waals surface area (Å²) in [6, 6.07) is 0. The highest BCUT2D eigenvalue weighted by molar-refractivity contribution is 5.99. The number of hydrogen-bond donors (Lipinski definition) is 1. The van der Waals surface area contributed by atoms with E-state index in [4.69, 9.17) is 5.73 Å². The molecule has 0 aliphatic carbocycles. The Hall–Kier alpha value is -1.15. The average molecular weight is 153 g/mol. The van der Waals surface area contributed by atoms with Gasteiger partial charge in [-0.15, -0.1) is 13.2 Å². The molecule has 0 aliphatic heterocycles. The van der Waals surface area contributed by atoms with Crippen molar-refractivity contribution in [2.75, 3.05) is 6.54 Å². The molecule has 0 aliphatic rings. The molecule has 0 saturated carbocycles. The van der Waals surface area contributed by atoms with Crippen LogP contribution in [0, 0.1) is 0 Å². The average Bonchev–Trinajstić information content (AvgIpc) is 2.10. The van der Waals surface area contributed by atoms with Crippen LogP contribution in [-0.4, -0.2) is 12.3 Å². The Morgan fingerprint density at radius 1 is 1.55 bits per heavy atom. The van der Waals surface area contributed by atoms with Gasteiger partial charge in [0, 0.05) is 5.57 Å². The fourth-order valence-corrected chi connectivity index (χ4v) is 0.511. The second kappa shape index (κ2) is 8.85. The topological polar surface area (TPSA) is 43.1 Å². The van der Waals surface area contributed by atoms with Crippen LogP contribution in [0.15, 0.2) is 37.5 Å². The molecule has 0 fully saturated rings. The van der Waals surface area contributed by atoms with Crippen LogP contribution < -0.4 is 5.73 Å². The molecule has 0 bridgehead atoms. The first kappa shape index (κ1) is 12.5. The predicted octanol–water partition coefficient (Wildman–Crippen LogP) is 1.45. The number of carbonyl (C=O) groups is 1. The summed E-state index contributed by atoms with van der Waals surface area (Å²) in [6.45, 7) is 11.3. The van der Waals surface area contributed by atoms with E-state index in [1.165, 1.54) is 6.08 Å². The second-order valence-corrected chi connectivity index (χ2v) is 1.58. The highest BCUT2D eigenvalue weighted by Crippen LogP contribution is 1.94. The van der Waals surface area contributed by atoms with E-state index in [-0.39, 0.29) is 12.3 Å². The van der Waals surface area contributed by atoms with Crippen LogP contribution in [0.2, 0.25) is 0 Å². The fourth-order valence-electron chi connectivity index (χ4n) is 0.511. The molecule has 2 heteroatoms. The van der Waals surface area contributed by atoms with Crippen molar-refractivity contribution in [1.82, 2.24) is 0 Å². The minimum Gasteiger partial charge on any atom is -0.324 e. The van der Waals surface area contributed by atoms with Crippen molar-refractivity contribution in [2.45, 2.75) is 6.92 Å². The first-order valence-corrected chi connectivity index (χ1v) is 3.28. The second-order valence-electron chi connectivity index (χ2n) is 1.58. The number of allylic oxidation sites excluding steroid dienone is 2. The van der Waals surface area contributed by atoms with Crippen LogP contribution in [0.1, 0.15) is 6.92 Å². The Labute approximate surface area is 68.1 Å². The van der Waals surface area contributed by atoms with E-state index in [1.54, 1.807) is 13.0 Å². The van der Waals surface area contributed by atoms with Crippen LogP contribution in [0.3, 0.4) is 0 Å². The molecular weight excluding hydrogens is 138 g/mol. The third-order valence-electron chi connectivity index (χ3n) is 1.04. The molecule has 0 atom stereocenters. The van der Waals surface area contributed by atoms with Crippen molar-refractivity contribution in [2.24, 2.45) is 5.73 Å². The van der Waals surface area contributed by atoms with Gasteiger partial charge in [-0.3, -0.25) is 4.79 Å². The minimum absolute atomic E-state index is 0.0612. The number of rotatable bonds is 3. The standard InChI is InChI=1S/C7H11NO.C2H4/c1-3-6(4-2)7(9)5-8;1-2/h3-4H,1,5,8H2,2H3;1-2H2/b6-4+;. The highest BCUT2D eigenvalue weighted by Gasteiger charge is 1.99. The van der Waals surface area contributed by atoms with Crippen molar-refractivity contribution in [3.8, 4) is 0 Å². The van der Waals surface area contributed by atoms with Gasteiger partial charge in [0.05, 0.1) is 6.54 Å². The van der Waals surface area contributed by atoms with Gasteiger partial charge in [0.2, 0.25) is 0 Å². The van der Waals surface area contributed by atoms with Gasteiger partial charge in [0.1, 0.15) is 0 Å². The lowest BCUT2D eigenvalue weighted by molar-refractivity contribution is -0.114. The highest BCUT2D eigenvalue weighted by atomic mass is 16.1. The molecule has 0 saturated heterocycles. The van der Waals surface area contributed by atoms with E-state index < -0.39 is 0 Å². The van der Waals surface area contributed by atoms with Gasteiger partial charge < -0.3 is 5.73 Å². The number of Topliss-reactive ketones (excluding diaryl/α,β-unsaturated/α-hetero) is 1. The van der Waals surface area contributed by atoms with Gasteiger partial charge in [-0.2, -0.15) is 0 Å². The Morgan fingerprint density at radius 3 is 2.09 bits per heavy atom. The van der Waals surface area contributed by atoms with E-state index in [2.05, 4.69) is 19.7 Å². The molecule has 0 amide bonds. The molecular formula is C9H15NO. The molecule has 0 spiro atoms. The summed E-state index contributed by atoms with van der Waals surface area (Å²) in [7, 11) is 0. The summed E-state index contributed by atoms with van der Waals surface area (Å²) in [5.41, 5.74) is 5.68. The number of hydrogen-bond acceptors (Lipinski definition) is 2. The van der Waals surface area contributed by atoms with Crippen LogP contribution in [0.5, 0.6) is 0 Å². The van der Waals surface area contributed by atoms with Gasteiger partial charge in [-0.05, 0) is 6.92 Å². The molecule has 11 heavy (non-hydrogen) atoms. The van der Waals surface area contributed by atoms with Gasteiger partial charge in [0.15, 0.2) is 5.78 Å². The van der Waals surface area contributed by atoms with Crippen molar-refractivity contribution < 1.29 is 4.79 Å². The molecule has 0 heterocycles. The lowest BCUT2D eigenvalue weighted by Gasteiger charge is -1.93. The van der Waals surface area contributed by atoms with E-state index in [0.717, 1.165) is 0 Å². The monoisotopic (exact) mass is 153 g/mol. The largest absolute Gasteiger partial charge is 0.324 e. The molecule has 0 rings (SSSR count). The molecule has 0 aromatic rings. The Bertz CT molecular complexity index is 159. The first-order chi connectivity index (χ1) is 5.26. The van der Waals surface area contributed by atoms with Gasteiger partial charge in [0.25, 0.3) is 0 Å². The maximum absolute atomic E-state index is 10.7. The lowest BCUT2D eigenvalue weighted by Crippen LogP contribution is -2.14. The van der Waals surface area contributed by atoms with Crippen molar-refractivity contribution in [3.05, 3.63) is 37.5 Å². The molecule has 0 radical (unpaired) electrons. The minimum atomic E-state index is -0.0625. The fraction of sp³-hybridized carbons (Fsp3) is 0.222. The molecule has 2 nitrogen and oxygen atoms in total. The first-order valence-electron chi connectivity index (χ1n) is 3.28. The van der Waals surface area contributed by atoms with Gasteiger partial charge in [-0.25, -0.2) is 0 Å². The molecule has 2 N–H and O–H groups in total. The number of carbonyl (C=O) groups excluding carboxylic acids is 1. The summed E-state index contributed by atoms with van der Waals surface area (Å²) in [4.78, 5) is 10.7. The third-order valence-corrected chi connectivity index (χ3v) is 1.04. The maximum Gasteiger partial charge on any atom is 0.176 e. The maximum atomic E-state index is 10.7. The quantitative estimate of drug-likeness (QED) is 0.379. The smallest absolute Gasteiger partial charge is 0.176 e. The Balaban J connectivity index is 0. The van der Waals surface area contributed by atoms with Crippen LogP contribution in [0.25, 0.3) is 0 Å². The van der Waals surface area contributed by atoms with Crippen LogP contribution in [-0.2, 0) is 4.79 Å². The zero-order valence-electron chi connectivity index (χ0n) is 6.97. The third kappa shape index (κ3) is 5.30. The van der Waals surface area contributed by atoms with Crippen molar-refractivity contribution in [1.29, 1.82) is 0 Å². The zero-order valence-corrected chi connectivity index (χ0v) is 6.97. The van der Waals surface area contributed by atoms with Crippen LogP contribution in [0.4, 0.5) is 0 Å². The summed E-state index contributed by atoms with van der Waals surface area (Å²) in [6.07, 6.45) is 3.21. The summed E-state index contributed by atoms with van der Waals surface area (Å²) < 4.78 is 0. The van der Waals surface area contributed by atoms with E-state index in [1.807, 2.05) is 0 Å². The van der Waals surface area contributed by atoms with E-state index in [9.17, 15) is 4.79 Å². The molecule has 0 aromatic carbocycles. The SMILES string of the molecule is C=C.C=C/C(=C\C)C(=O)CN. The Morgan fingerprint density at radius 2 is 2.00 bits per heavy atom. The van der Waals surface area contributed by atoms with E-state index in [0.29, 0.717) is 5.57 Å². The zero-order chi connectivity index (χ0) is 9.28. The molecule has 0 aromatic heterocycles. The van der Waals surface area contributed by atoms with Gasteiger partial charge >= 0.3 is 0 Å².